The second-order valence-electron chi connectivity index (χ2n) is 4.51. The summed E-state index contributed by atoms with van der Waals surface area (Å²) in [6, 6.07) is 7.65. The zero-order valence-corrected chi connectivity index (χ0v) is 10.9. The molecule has 5 nitrogen and oxygen atoms in total. The first-order valence-corrected chi connectivity index (χ1v) is 6.52. The van der Waals surface area contributed by atoms with Gasteiger partial charge >= 0.3 is 0 Å². The molecule has 0 aliphatic carbocycles. The Morgan fingerprint density at radius 1 is 1.10 bits per heavy atom. The smallest absolute Gasteiger partial charge is 0.224 e. The first-order chi connectivity index (χ1) is 9.81. The Balaban J connectivity index is 1.75. The molecule has 6 heteroatoms. The number of nitrogens with one attached hydrogen (secondary N) is 1. The van der Waals surface area contributed by atoms with Crippen molar-refractivity contribution in [3.63, 3.8) is 0 Å². The van der Waals surface area contributed by atoms with Crippen molar-refractivity contribution in [3.8, 4) is 11.6 Å². The summed E-state index contributed by atoms with van der Waals surface area (Å²) < 4.78 is 18.4. The van der Waals surface area contributed by atoms with Crippen molar-refractivity contribution in [2.24, 2.45) is 0 Å². The number of ether oxygens (including phenoxy) is 1. The van der Waals surface area contributed by atoms with Gasteiger partial charge in [-0.2, -0.15) is 0 Å². The summed E-state index contributed by atoms with van der Waals surface area (Å²) in [5.74, 6) is 1.57. The van der Waals surface area contributed by atoms with E-state index in [1.54, 1.807) is 18.2 Å². The Morgan fingerprint density at radius 2 is 1.85 bits per heavy atom. The SMILES string of the molecule is Fc1ccc(Oc2cc(N3CCNCC3)ncn2)cc1. The van der Waals surface area contributed by atoms with Gasteiger partial charge in [-0.1, -0.05) is 0 Å². The van der Waals surface area contributed by atoms with E-state index in [4.69, 9.17) is 4.74 Å². The predicted octanol–water partition coefficient (Wildman–Crippen LogP) is 1.82. The molecule has 20 heavy (non-hydrogen) atoms. The van der Waals surface area contributed by atoms with E-state index >= 15 is 0 Å². The van der Waals surface area contributed by atoms with Gasteiger partial charge in [0.05, 0.1) is 0 Å². The van der Waals surface area contributed by atoms with Gasteiger partial charge in [0.15, 0.2) is 0 Å². The summed E-state index contributed by atoms with van der Waals surface area (Å²) in [6.45, 7) is 3.70. The Kier molecular flexibility index (Phi) is 3.73. The van der Waals surface area contributed by atoms with Gasteiger partial charge in [-0.25, -0.2) is 14.4 Å². The van der Waals surface area contributed by atoms with Gasteiger partial charge < -0.3 is 15.0 Å². The highest BCUT2D eigenvalue weighted by molar-refractivity contribution is 5.42. The van der Waals surface area contributed by atoms with E-state index in [9.17, 15) is 4.39 Å². The van der Waals surface area contributed by atoms with Crippen LogP contribution in [0.5, 0.6) is 11.6 Å². The number of hydrogen-bond donors (Lipinski definition) is 1. The van der Waals surface area contributed by atoms with Gasteiger partial charge in [0.2, 0.25) is 5.88 Å². The lowest BCUT2D eigenvalue weighted by Crippen LogP contribution is -2.43. The maximum atomic E-state index is 12.8. The summed E-state index contributed by atoms with van der Waals surface area (Å²) in [7, 11) is 0. The van der Waals surface area contributed by atoms with E-state index in [1.807, 2.05) is 0 Å². The third-order valence-electron chi connectivity index (χ3n) is 3.10. The van der Waals surface area contributed by atoms with Crippen LogP contribution in [0.1, 0.15) is 0 Å². The van der Waals surface area contributed by atoms with E-state index in [2.05, 4.69) is 20.2 Å². The number of nitrogens with zero attached hydrogens (tertiary/aromatic N) is 3. The monoisotopic (exact) mass is 274 g/mol. The molecule has 2 heterocycles. The van der Waals surface area contributed by atoms with Crippen LogP contribution in [0.25, 0.3) is 0 Å². The van der Waals surface area contributed by atoms with Gasteiger partial charge in [0, 0.05) is 32.2 Å². The molecule has 0 atom stereocenters. The molecule has 0 unspecified atom stereocenters. The molecule has 2 aromatic rings. The number of benzene rings is 1. The summed E-state index contributed by atoms with van der Waals surface area (Å²) in [6.07, 6.45) is 1.48. The van der Waals surface area contributed by atoms with Gasteiger partial charge in [0.25, 0.3) is 0 Å². The molecule has 0 bridgehead atoms. The molecule has 3 rings (SSSR count). The highest BCUT2D eigenvalue weighted by atomic mass is 19.1. The Bertz CT molecular complexity index is 570. The van der Waals surface area contributed by atoms with Gasteiger partial charge in [-0.05, 0) is 24.3 Å². The van der Waals surface area contributed by atoms with Crippen LogP contribution in [0.2, 0.25) is 0 Å². The Labute approximate surface area is 116 Å². The average molecular weight is 274 g/mol. The quantitative estimate of drug-likeness (QED) is 0.925. The van der Waals surface area contributed by atoms with Crippen molar-refractivity contribution in [2.75, 3.05) is 31.1 Å². The molecular formula is C14H15FN4O. The molecule has 0 spiro atoms. The predicted molar refractivity (Wildman–Crippen MR) is 73.6 cm³/mol. The van der Waals surface area contributed by atoms with Crippen molar-refractivity contribution in [1.82, 2.24) is 15.3 Å². The van der Waals surface area contributed by atoms with Gasteiger partial charge in [-0.3, -0.25) is 0 Å². The van der Waals surface area contributed by atoms with E-state index in [-0.39, 0.29) is 5.82 Å². The third kappa shape index (κ3) is 3.03. The molecule has 1 aliphatic heterocycles. The molecule has 0 radical (unpaired) electrons. The van der Waals surface area contributed by atoms with Crippen LogP contribution >= 0.6 is 0 Å². The van der Waals surface area contributed by atoms with Crippen molar-refractivity contribution in [1.29, 1.82) is 0 Å². The third-order valence-corrected chi connectivity index (χ3v) is 3.10. The van der Waals surface area contributed by atoms with Crippen molar-refractivity contribution < 1.29 is 9.13 Å². The summed E-state index contributed by atoms with van der Waals surface area (Å²) >= 11 is 0. The number of anilines is 1. The van der Waals surface area contributed by atoms with Crippen LogP contribution in [-0.4, -0.2) is 36.1 Å². The molecule has 1 aromatic carbocycles. The summed E-state index contributed by atoms with van der Waals surface area (Å²) in [5, 5.41) is 3.29. The number of halogens is 1. The minimum Gasteiger partial charge on any atom is -0.439 e. The first kappa shape index (κ1) is 12.8. The van der Waals surface area contributed by atoms with Crippen molar-refractivity contribution in [3.05, 3.63) is 42.5 Å². The molecule has 104 valence electrons. The maximum Gasteiger partial charge on any atom is 0.224 e. The normalized spacial score (nSPS) is 15.2. The average Bonchev–Trinajstić information content (AvgIpc) is 2.51. The first-order valence-electron chi connectivity index (χ1n) is 6.52. The van der Waals surface area contributed by atoms with Crippen LogP contribution in [0.4, 0.5) is 10.2 Å². The van der Waals surface area contributed by atoms with E-state index < -0.39 is 0 Å². The van der Waals surface area contributed by atoms with Gasteiger partial charge in [-0.15, -0.1) is 0 Å². The summed E-state index contributed by atoms with van der Waals surface area (Å²) in [5.41, 5.74) is 0. The lowest BCUT2D eigenvalue weighted by molar-refractivity contribution is 0.459. The molecule has 1 saturated heterocycles. The lowest BCUT2D eigenvalue weighted by Gasteiger charge is -2.28. The standard InChI is InChI=1S/C14H15FN4O/c15-11-1-3-12(4-2-11)20-14-9-13(17-10-18-14)19-7-5-16-6-8-19/h1-4,9-10,16H,5-8H2. The van der Waals surface area contributed by atoms with Crippen LogP contribution in [0.15, 0.2) is 36.7 Å². The Hall–Kier alpha value is -2.21. The minimum atomic E-state index is -0.290. The minimum absolute atomic E-state index is 0.290. The van der Waals surface area contributed by atoms with Crippen molar-refractivity contribution >= 4 is 5.82 Å². The number of hydrogen-bond acceptors (Lipinski definition) is 5. The largest absolute Gasteiger partial charge is 0.439 e. The van der Waals surface area contributed by atoms with Gasteiger partial charge in [0.1, 0.15) is 23.7 Å². The fraction of sp³-hybridized carbons (Fsp3) is 0.286. The van der Waals surface area contributed by atoms with Crippen molar-refractivity contribution in [2.45, 2.75) is 0 Å². The second-order valence-corrected chi connectivity index (χ2v) is 4.51. The van der Waals surface area contributed by atoms with Crippen LogP contribution in [0.3, 0.4) is 0 Å². The van der Waals surface area contributed by atoms with E-state index in [1.165, 1.54) is 18.5 Å². The lowest BCUT2D eigenvalue weighted by atomic mass is 10.3. The maximum absolute atomic E-state index is 12.8. The molecule has 1 N–H and O–H groups in total. The van der Waals surface area contributed by atoms with E-state index in [0.29, 0.717) is 11.6 Å². The van der Waals surface area contributed by atoms with E-state index in [0.717, 1.165) is 32.0 Å². The molecule has 1 fully saturated rings. The van der Waals surface area contributed by atoms with Crippen LogP contribution in [-0.2, 0) is 0 Å². The fourth-order valence-corrected chi connectivity index (χ4v) is 2.08. The zero-order valence-electron chi connectivity index (χ0n) is 10.9. The highest BCUT2D eigenvalue weighted by Crippen LogP contribution is 2.22. The fourth-order valence-electron chi connectivity index (χ4n) is 2.08. The Morgan fingerprint density at radius 3 is 2.60 bits per heavy atom. The highest BCUT2D eigenvalue weighted by Gasteiger charge is 2.12. The molecular weight excluding hydrogens is 259 g/mol. The molecule has 0 amide bonds. The number of rotatable bonds is 3. The second kappa shape index (κ2) is 5.83. The molecule has 1 aliphatic rings. The number of piperazine rings is 1. The topological polar surface area (TPSA) is 50.3 Å². The van der Waals surface area contributed by atoms with Crippen LogP contribution < -0.4 is 15.0 Å². The van der Waals surface area contributed by atoms with Crippen LogP contribution in [0, 0.1) is 5.82 Å². The zero-order chi connectivity index (χ0) is 13.8. The molecule has 1 aromatic heterocycles. The summed E-state index contributed by atoms with van der Waals surface area (Å²) in [4.78, 5) is 10.5. The molecule has 0 saturated carbocycles. The number of aromatic nitrogens is 2.